The number of hydrogen-bond donors (Lipinski definition) is 0. The number of Topliss-reactive ketones (excluding diaryl/α,β-unsaturated/α-hetero) is 1. The highest BCUT2D eigenvalue weighted by Crippen LogP contribution is 2.43. The number of allylic oxidation sites excluding steroid dienone is 1. The minimum absolute atomic E-state index is 0.137. The lowest BCUT2D eigenvalue weighted by molar-refractivity contribution is 0.104. The van der Waals surface area contributed by atoms with Crippen LogP contribution in [0.5, 0.6) is 11.5 Å². The standard InChI is InChI=1S/C53H86O3S/c1-4-7-10-12-14-16-18-20-22-24-26-28-30-32-34-40-55-48-42-46(44-51-52(54)50-39-36-38-47(37-9-6-3)53(50)57-51)43-49(45-48)56-41-35-33-31-29-27-25-23-21-19-17-15-13-11-8-5-2/h36,38-39,42-45H,4-35,37,40-41H2,1-3H3. The summed E-state index contributed by atoms with van der Waals surface area (Å²) in [4.78, 5) is 15.5. The van der Waals surface area contributed by atoms with Crippen LogP contribution in [0.15, 0.2) is 46.2 Å². The molecule has 1 aliphatic heterocycles. The van der Waals surface area contributed by atoms with Crippen LogP contribution in [0.25, 0.3) is 6.08 Å². The van der Waals surface area contributed by atoms with E-state index >= 15 is 0 Å². The summed E-state index contributed by atoms with van der Waals surface area (Å²) in [6.45, 7) is 8.25. The Morgan fingerprint density at radius 1 is 0.474 bits per heavy atom. The third kappa shape index (κ3) is 22.7. The minimum Gasteiger partial charge on any atom is -0.493 e. The fourth-order valence-electron chi connectivity index (χ4n) is 8.15. The van der Waals surface area contributed by atoms with Crippen molar-refractivity contribution in [2.75, 3.05) is 13.2 Å². The number of ketones is 1. The molecule has 1 heterocycles. The average molecular weight is 803 g/mol. The lowest BCUT2D eigenvalue weighted by Gasteiger charge is -2.12. The third-order valence-corrected chi connectivity index (χ3v) is 13.0. The molecule has 1 aliphatic rings. The molecule has 0 aromatic heterocycles. The predicted molar refractivity (Wildman–Crippen MR) is 251 cm³/mol. The van der Waals surface area contributed by atoms with Crippen LogP contribution >= 0.6 is 11.8 Å². The summed E-state index contributed by atoms with van der Waals surface area (Å²) in [7, 11) is 0. The summed E-state index contributed by atoms with van der Waals surface area (Å²) < 4.78 is 12.7. The first-order chi connectivity index (χ1) is 28.2. The van der Waals surface area contributed by atoms with E-state index in [-0.39, 0.29) is 5.78 Å². The second-order valence-electron chi connectivity index (χ2n) is 17.2. The van der Waals surface area contributed by atoms with Gasteiger partial charge in [-0.1, -0.05) is 231 Å². The van der Waals surface area contributed by atoms with E-state index in [0.717, 1.165) is 77.7 Å². The second kappa shape index (κ2) is 33.6. The summed E-state index contributed by atoms with van der Waals surface area (Å²) in [6, 6.07) is 12.5. The van der Waals surface area contributed by atoms with Crippen molar-refractivity contribution >= 4 is 23.6 Å². The molecule has 0 unspecified atom stereocenters. The summed E-state index contributed by atoms with van der Waals surface area (Å²) in [6.07, 6.45) is 46.2. The highest BCUT2D eigenvalue weighted by atomic mass is 32.2. The fourth-order valence-corrected chi connectivity index (χ4v) is 9.34. The lowest BCUT2D eigenvalue weighted by Crippen LogP contribution is -2.01. The van der Waals surface area contributed by atoms with Crippen molar-refractivity contribution in [3.8, 4) is 11.5 Å². The number of carbonyl (C=O) groups is 1. The van der Waals surface area contributed by atoms with Crippen molar-refractivity contribution in [2.45, 2.75) is 238 Å². The molecule has 0 saturated carbocycles. The highest BCUT2D eigenvalue weighted by molar-refractivity contribution is 8.05. The number of thioether (sulfide) groups is 1. The smallest absolute Gasteiger partial charge is 0.200 e. The van der Waals surface area contributed by atoms with Gasteiger partial charge >= 0.3 is 0 Å². The number of hydrogen-bond acceptors (Lipinski definition) is 4. The van der Waals surface area contributed by atoms with Crippen molar-refractivity contribution in [2.24, 2.45) is 0 Å². The van der Waals surface area contributed by atoms with Gasteiger partial charge in [-0.3, -0.25) is 4.79 Å². The predicted octanol–water partition coefficient (Wildman–Crippen LogP) is 17.9. The molecule has 2 aromatic carbocycles. The number of carbonyl (C=O) groups excluding carboxylic acids is 1. The maximum absolute atomic E-state index is 13.5. The van der Waals surface area contributed by atoms with E-state index < -0.39 is 0 Å². The molecule has 3 nitrogen and oxygen atoms in total. The number of ether oxygens (including phenoxy) is 2. The summed E-state index contributed by atoms with van der Waals surface area (Å²) in [5, 5.41) is 0. The van der Waals surface area contributed by atoms with Crippen LogP contribution in [0.2, 0.25) is 0 Å². The van der Waals surface area contributed by atoms with E-state index in [1.54, 1.807) is 11.8 Å². The van der Waals surface area contributed by atoms with E-state index in [0.29, 0.717) is 0 Å². The molecule has 322 valence electrons. The van der Waals surface area contributed by atoms with Gasteiger partial charge in [0.05, 0.1) is 18.1 Å². The third-order valence-electron chi connectivity index (χ3n) is 11.8. The van der Waals surface area contributed by atoms with Crippen molar-refractivity contribution in [1.82, 2.24) is 0 Å². The largest absolute Gasteiger partial charge is 0.493 e. The first-order valence-electron chi connectivity index (χ1n) is 24.6. The fraction of sp³-hybridized carbons (Fsp3) is 0.717. The molecule has 0 aliphatic carbocycles. The summed E-state index contributed by atoms with van der Waals surface area (Å²) in [5.41, 5.74) is 3.13. The van der Waals surface area contributed by atoms with E-state index in [2.05, 4.69) is 51.1 Å². The molecular weight excluding hydrogens is 717 g/mol. The molecule has 4 heteroatoms. The van der Waals surface area contributed by atoms with Crippen LogP contribution in [0.3, 0.4) is 0 Å². The second-order valence-corrected chi connectivity index (χ2v) is 18.2. The monoisotopic (exact) mass is 803 g/mol. The Balaban J connectivity index is 1.39. The zero-order chi connectivity index (χ0) is 40.4. The van der Waals surface area contributed by atoms with Crippen LogP contribution in [0.1, 0.15) is 248 Å². The first kappa shape index (κ1) is 49.2. The number of unbranched alkanes of at least 4 members (excludes halogenated alkanes) is 29. The van der Waals surface area contributed by atoms with Crippen LogP contribution in [-0.2, 0) is 6.42 Å². The van der Waals surface area contributed by atoms with Crippen molar-refractivity contribution < 1.29 is 14.3 Å². The van der Waals surface area contributed by atoms with Crippen molar-refractivity contribution in [3.05, 3.63) is 58.0 Å². The maximum atomic E-state index is 13.5. The Hall–Kier alpha value is -2.20. The minimum atomic E-state index is 0.137. The molecule has 0 fully saturated rings. The lowest BCUT2D eigenvalue weighted by atomic mass is 10.0. The van der Waals surface area contributed by atoms with Gasteiger partial charge in [-0.2, -0.15) is 0 Å². The molecule has 0 radical (unpaired) electrons. The molecule has 0 N–H and O–H groups in total. The molecule has 57 heavy (non-hydrogen) atoms. The molecule has 0 bridgehead atoms. The van der Waals surface area contributed by atoms with Gasteiger partial charge in [0.15, 0.2) is 0 Å². The number of rotatable bonds is 38. The molecule has 3 rings (SSSR count). The summed E-state index contributed by atoms with van der Waals surface area (Å²) >= 11 is 1.64. The van der Waals surface area contributed by atoms with Gasteiger partial charge in [-0.15, -0.1) is 0 Å². The summed E-state index contributed by atoms with van der Waals surface area (Å²) in [5.74, 6) is 1.83. The van der Waals surface area contributed by atoms with Crippen molar-refractivity contribution in [3.63, 3.8) is 0 Å². The van der Waals surface area contributed by atoms with Crippen molar-refractivity contribution in [1.29, 1.82) is 0 Å². The number of fused-ring (bicyclic) bond motifs is 1. The van der Waals surface area contributed by atoms with Gasteiger partial charge in [0.1, 0.15) is 11.5 Å². The topological polar surface area (TPSA) is 35.5 Å². The van der Waals surface area contributed by atoms with Crippen LogP contribution in [-0.4, -0.2) is 19.0 Å². The maximum Gasteiger partial charge on any atom is 0.200 e. The van der Waals surface area contributed by atoms with Crippen LogP contribution in [0.4, 0.5) is 0 Å². The Kier molecular flexibility index (Phi) is 29.0. The molecular formula is C53H86O3S. The molecule has 0 spiro atoms. The van der Waals surface area contributed by atoms with Gasteiger partial charge in [-0.05, 0) is 61.1 Å². The highest BCUT2D eigenvalue weighted by Gasteiger charge is 2.28. The molecule has 2 aromatic rings. The van der Waals surface area contributed by atoms with E-state index in [1.165, 1.54) is 185 Å². The SMILES string of the molecule is CCCCCCCCCCCCCCCCCOc1cc(C=C2Sc3c(CCCC)cccc3C2=O)cc(OCCCCCCCCCCCCCCCCC)c1. The molecule has 0 atom stereocenters. The van der Waals surface area contributed by atoms with Gasteiger partial charge in [0.2, 0.25) is 5.78 Å². The Labute approximate surface area is 356 Å². The quantitative estimate of drug-likeness (QED) is 0.0500. The zero-order valence-electron chi connectivity index (χ0n) is 37.4. The zero-order valence-corrected chi connectivity index (χ0v) is 38.2. The number of benzene rings is 2. The molecule has 0 saturated heterocycles. The normalized spacial score (nSPS) is 13.2. The van der Waals surface area contributed by atoms with E-state index in [9.17, 15) is 4.79 Å². The van der Waals surface area contributed by atoms with Gasteiger partial charge in [0, 0.05) is 16.5 Å². The van der Waals surface area contributed by atoms with E-state index in [1.807, 2.05) is 12.1 Å². The Bertz CT molecular complexity index is 1280. The average Bonchev–Trinajstić information content (AvgIpc) is 3.54. The van der Waals surface area contributed by atoms with E-state index in [4.69, 9.17) is 9.47 Å². The van der Waals surface area contributed by atoms with Gasteiger partial charge in [-0.25, -0.2) is 0 Å². The Morgan fingerprint density at radius 2 is 0.860 bits per heavy atom. The van der Waals surface area contributed by atoms with Crippen LogP contribution in [0, 0.1) is 0 Å². The van der Waals surface area contributed by atoms with Gasteiger partial charge < -0.3 is 9.47 Å². The molecule has 0 amide bonds. The van der Waals surface area contributed by atoms with Crippen LogP contribution < -0.4 is 9.47 Å². The Morgan fingerprint density at radius 3 is 1.26 bits per heavy atom. The van der Waals surface area contributed by atoms with Gasteiger partial charge in [0.25, 0.3) is 0 Å². The first-order valence-corrected chi connectivity index (χ1v) is 25.4. The number of aryl methyl sites for hydroxylation is 1.